The fourth-order valence-corrected chi connectivity index (χ4v) is 2.39. The van der Waals surface area contributed by atoms with Crippen LogP contribution in [0.15, 0.2) is 24.3 Å². The number of hydrogen-bond donors (Lipinski definition) is 2. The molecule has 0 unspecified atom stereocenters. The molecule has 0 bridgehead atoms. The van der Waals surface area contributed by atoms with E-state index in [-0.39, 0.29) is 15.6 Å². The molecule has 5 nitrogen and oxygen atoms in total. The number of nitrogens with zero attached hydrogens (tertiary/aromatic N) is 1. The van der Waals surface area contributed by atoms with Crippen molar-refractivity contribution in [2.75, 3.05) is 5.73 Å². The maximum atomic E-state index is 12.3. The molecule has 1 aromatic carbocycles. The van der Waals surface area contributed by atoms with Gasteiger partial charge in [0.1, 0.15) is 5.75 Å². The van der Waals surface area contributed by atoms with E-state index in [2.05, 4.69) is 9.72 Å². The number of carboxylic acids is 1. The number of aromatic carboxylic acids is 1. The number of carboxylic acid groups (broad SMARTS) is 1. The Morgan fingerprint density at radius 1 is 1.35 bits per heavy atom. The van der Waals surface area contributed by atoms with Gasteiger partial charge in [0, 0.05) is 5.56 Å². The summed E-state index contributed by atoms with van der Waals surface area (Å²) in [4.78, 5) is 14.6. The number of benzene rings is 1. The molecule has 1 heterocycles. The molecule has 0 atom stereocenters. The number of para-hydroxylation sites is 1. The van der Waals surface area contributed by atoms with Crippen LogP contribution in [0.2, 0.25) is 0 Å². The van der Waals surface area contributed by atoms with Crippen LogP contribution in [0.5, 0.6) is 5.75 Å². The van der Waals surface area contributed by atoms with Crippen molar-refractivity contribution >= 4 is 22.4 Å². The molecule has 2 rings (SSSR count). The number of rotatable bonds is 3. The van der Waals surface area contributed by atoms with Gasteiger partial charge in [-0.25, -0.2) is 9.78 Å². The molecule has 0 fully saturated rings. The van der Waals surface area contributed by atoms with E-state index in [9.17, 15) is 18.0 Å². The van der Waals surface area contributed by atoms with Gasteiger partial charge >= 0.3 is 12.3 Å². The molecule has 106 valence electrons. The summed E-state index contributed by atoms with van der Waals surface area (Å²) in [6.07, 6.45) is -4.88. The smallest absolute Gasteiger partial charge is 0.476 e. The van der Waals surface area contributed by atoms with Crippen LogP contribution in [-0.2, 0) is 0 Å². The Morgan fingerprint density at radius 2 is 2.00 bits per heavy atom. The second-order valence-corrected chi connectivity index (χ2v) is 4.61. The van der Waals surface area contributed by atoms with E-state index in [1.54, 1.807) is 0 Å². The summed E-state index contributed by atoms with van der Waals surface area (Å²) in [6, 6.07) is 5.19. The first-order valence-electron chi connectivity index (χ1n) is 5.12. The molecule has 0 saturated carbocycles. The topological polar surface area (TPSA) is 85.4 Å². The molecule has 3 N–H and O–H groups in total. The fraction of sp³-hybridized carbons (Fsp3) is 0.0909. The lowest BCUT2D eigenvalue weighted by molar-refractivity contribution is -0.274. The van der Waals surface area contributed by atoms with Gasteiger partial charge in [0.2, 0.25) is 0 Å². The Morgan fingerprint density at radius 3 is 2.60 bits per heavy atom. The van der Waals surface area contributed by atoms with Gasteiger partial charge in [0.05, 0.1) is 4.88 Å². The monoisotopic (exact) mass is 304 g/mol. The van der Waals surface area contributed by atoms with Crippen molar-refractivity contribution in [1.29, 1.82) is 0 Å². The zero-order chi connectivity index (χ0) is 14.9. The minimum absolute atomic E-state index is 0.00912. The van der Waals surface area contributed by atoms with Crippen molar-refractivity contribution in [3.05, 3.63) is 30.0 Å². The highest BCUT2D eigenvalue weighted by atomic mass is 32.1. The summed E-state index contributed by atoms with van der Waals surface area (Å²) < 4.78 is 40.9. The number of ether oxygens (including phenoxy) is 1. The van der Waals surface area contributed by atoms with Gasteiger partial charge in [-0.05, 0) is 12.1 Å². The second kappa shape index (κ2) is 5.00. The highest BCUT2D eigenvalue weighted by Gasteiger charge is 2.33. The molecule has 0 aliphatic heterocycles. The third-order valence-corrected chi connectivity index (χ3v) is 3.12. The molecule has 0 spiro atoms. The van der Waals surface area contributed by atoms with Crippen molar-refractivity contribution in [2.24, 2.45) is 0 Å². The number of carbonyl (C=O) groups is 1. The first-order chi connectivity index (χ1) is 9.28. The maximum absolute atomic E-state index is 12.3. The number of nitrogens with two attached hydrogens (primary N) is 1. The maximum Gasteiger partial charge on any atom is 0.573 e. The van der Waals surface area contributed by atoms with Gasteiger partial charge in [0.25, 0.3) is 0 Å². The summed E-state index contributed by atoms with van der Waals surface area (Å²) in [5.74, 6) is -1.89. The third kappa shape index (κ3) is 2.99. The van der Waals surface area contributed by atoms with E-state index in [4.69, 9.17) is 10.8 Å². The summed E-state index contributed by atoms with van der Waals surface area (Å²) in [7, 11) is 0. The van der Waals surface area contributed by atoms with Gasteiger partial charge in [-0.3, -0.25) is 0 Å². The number of aromatic nitrogens is 1. The van der Waals surface area contributed by atoms with Crippen molar-refractivity contribution in [3.8, 4) is 16.2 Å². The van der Waals surface area contributed by atoms with E-state index < -0.39 is 23.8 Å². The molecule has 0 radical (unpaired) electrons. The SMILES string of the molecule is Nc1nc(C(=O)O)c(-c2ccccc2OC(F)(F)F)s1. The number of alkyl halides is 3. The van der Waals surface area contributed by atoms with E-state index in [1.165, 1.54) is 18.2 Å². The van der Waals surface area contributed by atoms with Gasteiger partial charge in [-0.15, -0.1) is 13.2 Å². The first kappa shape index (κ1) is 14.1. The predicted molar refractivity (Wildman–Crippen MR) is 65.6 cm³/mol. The highest BCUT2D eigenvalue weighted by molar-refractivity contribution is 7.19. The summed E-state index contributed by atoms with van der Waals surface area (Å²) in [6.45, 7) is 0. The molecule has 1 aromatic heterocycles. The van der Waals surface area contributed by atoms with Crippen molar-refractivity contribution in [3.63, 3.8) is 0 Å². The van der Waals surface area contributed by atoms with Crippen molar-refractivity contribution < 1.29 is 27.8 Å². The van der Waals surface area contributed by atoms with Gasteiger partial charge in [0.15, 0.2) is 10.8 Å². The zero-order valence-corrected chi connectivity index (χ0v) is 10.5. The summed E-state index contributed by atoms with van der Waals surface area (Å²) in [5, 5.41) is 8.93. The number of thiazole rings is 1. The van der Waals surface area contributed by atoms with Crippen LogP contribution >= 0.6 is 11.3 Å². The largest absolute Gasteiger partial charge is 0.573 e. The van der Waals surface area contributed by atoms with Gasteiger partial charge < -0.3 is 15.6 Å². The standard InChI is InChI=1S/C11H7F3N2O3S/c12-11(13,14)19-6-4-2-1-3-5(6)8-7(9(17)18)16-10(15)20-8/h1-4H,(H2,15,16)(H,17,18). The molecule has 0 amide bonds. The molecule has 0 saturated heterocycles. The van der Waals surface area contributed by atoms with Gasteiger partial charge in [-0.1, -0.05) is 23.5 Å². The van der Waals surface area contributed by atoms with Crippen LogP contribution in [-0.4, -0.2) is 22.4 Å². The van der Waals surface area contributed by atoms with Crippen molar-refractivity contribution in [1.82, 2.24) is 4.98 Å². The molecule has 0 aliphatic rings. The van der Waals surface area contributed by atoms with Crippen LogP contribution in [0.1, 0.15) is 10.5 Å². The first-order valence-corrected chi connectivity index (χ1v) is 5.94. The van der Waals surface area contributed by atoms with Crippen LogP contribution in [0.4, 0.5) is 18.3 Å². The van der Waals surface area contributed by atoms with E-state index in [0.717, 1.165) is 17.4 Å². The van der Waals surface area contributed by atoms with Crippen LogP contribution in [0.3, 0.4) is 0 Å². The predicted octanol–water partition coefficient (Wildman–Crippen LogP) is 2.99. The number of hydrogen-bond acceptors (Lipinski definition) is 5. The molecular formula is C11H7F3N2O3S. The zero-order valence-electron chi connectivity index (χ0n) is 9.64. The summed E-state index contributed by atoms with van der Waals surface area (Å²) >= 11 is 0.774. The quantitative estimate of drug-likeness (QED) is 0.910. The second-order valence-electron chi connectivity index (χ2n) is 3.58. The minimum Gasteiger partial charge on any atom is -0.476 e. The Hall–Kier alpha value is -2.29. The Labute approximate surface area is 114 Å². The van der Waals surface area contributed by atoms with Crippen LogP contribution < -0.4 is 10.5 Å². The normalized spacial score (nSPS) is 11.3. The Bertz CT molecular complexity index is 655. The lowest BCUT2D eigenvalue weighted by Gasteiger charge is -2.12. The Kier molecular flexibility index (Phi) is 3.53. The average molecular weight is 304 g/mol. The van der Waals surface area contributed by atoms with Crippen LogP contribution in [0.25, 0.3) is 10.4 Å². The lowest BCUT2D eigenvalue weighted by atomic mass is 10.1. The minimum atomic E-state index is -4.88. The summed E-state index contributed by atoms with van der Waals surface area (Å²) in [5.41, 5.74) is 4.97. The van der Waals surface area contributed by atoms with Crippen LogP contribution in [0, 0.1) is 0 Å². The molecule has 20 heavy (non-hydrogen) atoms. The van der Waals surface area contributed by atoms with Crippen molar-refractivity contribution in [2.45, 2.75) is 6.36 Å². The number of halogens is 3. The fourth-order valence-electron chi connectivity index (χ4n) is 1.53. The van der Waals surface area contributed by atoms with Gasteiger partial charge in [-0.2, -0.15) is 0 Å². The average Bonchev–Trinajstić information content (AvgIpc) is 2.70. The van der Waals surface area contributed by atoms with E-state index >= 15 is 0 Å². The third-order valence-electron chi connectivity index (χ3n) is 2.20. The highest BCUT2D eigenvalue weighted by Crippen LogP contribution is 2.39. The number of nitrogen functional groups attached to an aromatic ring is 1. The molecular weight excluding hydrogens is 297 g/mol. The number of anilines is 1. The lowest BCUT2D eigenvalue weighted by Crippen LogP contribution is -2.17. The molecule has 9 heteroatoms. The molecule has 2 aromatic rings. The van der Waals surface area contributed by atoms with E-state index in [1.807, 2.05) is 0 Å². The molecule has 0 aliphatic carbocycles. The van der Waals surface area contributed by atoms with E-state index in [0.29, 0.717) is 0 Å². The Balaban J connectivity index is 2.56.